The normalized spacial score (nSPS) is 19.5. The molecule has 110 valence electrons. The monoisotopic (exact) mass is 270 g/mol. The minimum atomic E-state index is -0.786. The summed E-state index contributed by atoms with van der Waals surface area (Å²) in [7, 11) is 0. The number of carboxylic acid groups (broad SMARTS) is 1. The molecule has 1 unspecified atom stereocenters. The van der Waals surface area contributed by atoms with Crippen molar-refractivity contribution in [1.29, 1.82) is 0 Å². The summed E-state index contributed by atoms with van der Waals surface area (Å²) in [6.45, 7) is 4.87. The van der Waals surface area contributed by atoms with Crippen LogP contribution in [0.5, 0.6) is 0 Å². The van der Waals surface area contributed by atoms with Crippen LogP contribution in [0.25, 0.3) is 0 Å². The molecule has 5 nitrogen and oxygen atoms in total. The first kappa shape index (κ1) is 15.8. The molecule has 2 amide bonds. The predicted octanol–water partition coefficient (Wildman–Crippen LogP) is 2.60. The predicted molar refractivity (Wildman–Crippen MR) is 74.1 cm³/mol. The van der Waals surface area contributed by atoms with Gasteiger partial charge >= 0.3 is 12.0 Å². The summed E-state index contributed by atoms with van der Waals surface area (Å²) in [6.07, 6.45) is 5.57. The number of nitrogens with one attached hydrogen (secondary N) is 1. The van der Waals surface area contributed by atoms with Crippen LogP contribution < -0.4 is 5.32 Å². The molecule has 0 aromatic carbocycles. The zero-order valence-electron chi connectivity index (χ0n) is 12.0. The van der Waals surface area contributed by atoms with Gasteiger partial charge in [-0.25, -0.2) is 4.79 Å². The van der Waals surface area contributed by atoms with Gasteiger partial charge in [-0.3, -0.25) is 4.79 Å². The standard InChI is InChI=1S/C14H26N2O3/c1-3-11(4-2)15-14(19)16-10-6-5-7-12(16)8-9-13(17)18/h11-12H,3-10H2,1-2H3,(H,15,19)(H,17,18). The highest BCUT2D eigenvalue weighted by Crippen LogP contribution is 2.21. The first-order valence-electron chi connectivity index (χ1n) is 7.37. The molecule has 5 heteroatoms. The van der Waals surface area contributed by atoms with Crippen LogP contribution in [0.15, 0.2) is 0 Å². The summed E-state index contributed by atoms with van der Waals surface area (Å²) in [4.78, 5) is 24.8. The zero-order chi connectivity index (χ0) is 14.3. The molecule has 0 bridgehead atoms. The van der Waals surface area contributed by atoms with Gasteiger partial charge in [0.2, 0.25) is 0 Å². The second-order valence-electron chi connectivity index (χ2n) is 5.24. The van der Waals surface area contributed by atoms with Crippen LogP contribution >= 0.6 is 0 Å². The lowest BCUT2D eigenvalue weighted by molar-refractivity contribution is -0.137. The van der Waals surface area contributed by atoms with Gasteiger partial charge in [-0.2, -0.15) is 0 Å². The Labute approximate surface area is 115 Å². The van der Waals surface area contributed by atoms with Crippen molar-refractivity contribution in [3.05, 3.63) is 0 Å². The third kappa shape index (κ3) is 5.09. The van der Waals surface area contributed by atoms with E-state index >= 15 is 0 Å². The number of hydrogen-bond acceptors (Lipinski definition) is 2. The van der Waals surface area contributed by atoms with Gasteiger partial charge in [0.25, 0.3) is 0 Å². The number of amides is 2. The summed E-state index contributed by atoms with van der Waals surface area (Å²) in [5, 5.41) is 11.8. The van der Waals surface area contributed by atoms with Crippen molar-refractivity contribution in [3.8, 4) is 0 Å². The molecule has 19 heavy (non-hydrogen) atoms. The van der Waals surface area contributed by atoms with E-state index < -0.39 is 5.97 Å². The second kappa shape index (κ2) is 8.02. The molecule has 0 aromatic rings. The van der Waals surface area contributed by atoms with Crippen molar-refractivity contribution in [2.75, 3.05) is 6.54 Å². The second-order valence-corrected chi connectivity index (χ2v) is 5.24. The number of nitrogens with zero attached hydrogens (tertiary/aromatic N) is 1. The lowest BCUT2D eigenvalue weighted by Gasteiger charge is -2.36. The molecule has 1 atom stereocenters. The maximum atomic E-state index is 12.2. The van der Waals surface area contributed by atoms with Crippen molar-refractivity contribution in [2.24, 2.45) is 0 Å². The number of piperidine rings is 1. The van der Waals surface area contributed by atoms with Gasteiger partial charge in [0.05, 0.1) is 0 Å². The van der Waals surface area contributed by atoms with Crippen molar-refractivity contribution in [2.45, 2.75) is 70.9 Å². The summed E-state index contributed by atoms with van der Waals surface area (Å²) in [5.41, 5.74) is 0. The van der Waals surface area contributed by atoms with Crippen LogP contribution in [0.3, 0.4) is 0 Å². The highest BCUT2D eigenvalue weighted by Gasteiger charge is 2.27. The van der Waals surface area contributed by atoms with E-state index in [9.17, 15) is 9.59 Å². The highest BCUT2D eigenvalue weighted by atomic mass is 16.4. The van der Waals surface area contributed by atoms with Crippen molar-refractivity contribution in [1.82, 2.24) is 10.2 Å². The first-order chi connectivity index (χ1) is 9.08. The fourth-order valence-corrected chi connectivity index (χ4v) is 2.61. The SMILES string of the molecule is CCC(CC)NC(=O)N1CCCCC1CCC(=O)O. The number of rotatable bonds is 6. The van der Waals surface area contributed by atoms with E-state index in [2.05, 4.69) is 19.2 Å². The molecule has 1 fully saturated rings. The molecule has 2 N–H and O–H groups in total. The van der Waals surface area contributed by atoms with E-state index in [4.69, 9.17) is 5.11 Å². The third-order valence-corrected chi connectivity index (χ3v) is 3.89. The van der Waals surface area contributed by atoms with E-state index in [1.165, 1.54) is 0 Å². The number of carboxylic acids is 1. The smallest absolute Gasteiger partial charge is 0.317 e. The summed E-state index contributed by atoms with van der Waals surface area (Å²) < 4.78 is 0. The molecule has 1 heterocycles. The Bertz CT molecular complexity index is 303. The number of aliphatic carboxylic acids is 1. The Morgan fingerprint density at radius 2 is 2.00 bits per heavy atom. The summed E-state index contributed by atoms with van der Waals surface area (Å²) in [6, 6.07) is 0.276. The molecule has 0 spiro atoms. The number of hydrogen-bond donors (Lipinski definition) is 2. The Kier molecular flexibility index (Phi) is 6.67. The molecular weight excluding hydrogens is 244 g/mol. The average molecular weight is 270 g/mol. The number of likely N-dealkylation sites (tertiary alicyclic amines) is 1. The Balaban J connectivity index is 2.54. The molecule has 1 saturated heterocycles. The molecular formula is C14H26N2O3. The van der Waals surface area contributed by atoms with Crippen molar-refractivity contribution in [3.63, 3.8) is 0 Å². The molecule has 0 aliphatic carbocycles. The molecule has 1 aliphatic rings. The molecule has 1 rings (SSSR count). The Morgan fingerprint density at radius 3 is 2.58 bits per heavy atom. The fourth-order valence-electron chi connectivity index (χ4n) is 2.61. The van der Waals surface area contributed by atoms with Crippen molar-refractivity contribution >= 4 is 12.0 Å². The lowest BCUT2D eigenvalue weighted by Crippen LogP contribution is -2.51. The Hall–Kier alpha value is -1.26. The van der Waals surface area contributed by atoms with Gasteiger partial charge in [-0.15, -0.1) is 0 Å². The number of urea groups is 1. The molecule has 0 saturated carbocycles. The summed E-state index contributed by atoms with van der Waals surface area (Å²) in [5.74, 6) is -0.786. The van der Waals surface area contributed by atoms with Crippen LogP contribution in [0.2, 0.25) is 0 Å². The molecule has 0 aromatic heterocycles. The van der Waals surface area contributed by atoms with E-state index in [1.807, 2.05) is 4.90 Å². The minimum Gasteiger partial charge on any atom is -0.481 e. The van der Waals surface area contributed by atoms with E-state index in [0.717, 1.165) is 38.6 Å². The highest BCUT2D eigenvalue weighted by molar-refractivity contribution is 5.75. The minimum absolute atomic E-state index is 0.0243. The van der Waals surface area contributed by atoms with Crippen molar-refractivity contribution < 1.29 is 14.7 Å². The summed E-state index contributed by atoms with van der Waals surface area (Å²) >= 11 is 0. The average Bonchev–Trinajstić information content (AvgIpc) is 2.42. The van der Waals surface area contributed by atoms with Gasteiger partial charge in [0.1, 0.15) is 0 Å². The van der Waals surface area contributed by atoms with Crippen LogP contribution in [0, 0.1) is 0 Å². The van der Waals surface area contributed by atoms with Crippen LogP contribution in [-0.4, -0.2) is 40.6 Å². The quantitative estimate of drug-likeness (QED) is 0.779. The van der Waals surface area contributed by atoms with E-state index in [-0.39, 0.29) is 24.5 Å². The molecule has 0 radical (unpaired) electrons. The topological polar surface area (TPSA) is 69.6 Å². The van der Waals surface area contributed by atoms with Crippen LogP contribution in [0.4, 0.5) is 4.79 Å². The van der Waals surface area contributed by atoms with Gasteiger partial charge in [0.15, 0.2) is 0 Å². The van der Waals surface area contributed by atoms with Gasteiger partial charge in [-0.1, -0.05) is 13.8 Å². The van der Waals surface area contributed by atoms with Crippen LogP contribution in [0.1, 0.15) is 58.8 Å². The molecule has 1 aliphatic heterocycles. The van der Waals surface area contributed by atoms with Gasteiger partial charge < -0.3 is 15.3 Å². The maximum absolute atomic E-state index is 12.2. The number of carbonyl (C=O) groups excluding carboxylic acids is 1. The van der Waals surface area contributed by atoms with Gasteiger partial charge in [0, 0.05) is 25.0 Å². The third-order valence-electron chi connectivity index (χ3n) is 3.89. The van der Waals surface area contributed by atoms with E-state index in [0.29, 0.717) is 6.42 Å². The maximum Gasteiger partial charge on any atom is 0.317 e. The van der Waals surface area contributed by atoms with Gasteiger partial charge in [-0.05, 0) is 38.5 Å². The number of carbonyl (C=O) groups is 2. The lowest BCUT2D eigenvalue weighted by atomic mass is 9.98. The van der Waals surface area contributed by atoms with Crippen LogP contribution in [-0.2, 0) is 4.79 Å². The first-order valence-corrected chi connectivity index (χ1v) is 7.37. The fraction of sp³-hybridized carbons (Fsp3) is 0.857. The van der Waals surface area contributed by atoms with E-state index in [1.54, 1.807) is 0 Å². The largest absolute Gasteiger partial charge is 0.481 e. The zero-order valence-corrected chi connectivity index (χ0v) is 12.0. The Morgan fingerprint density at radius 1 is 1.32 bits per heavy atom.